The molecular weight excluding hydrogens is 311 g/mol. The molecule has 0 aromatic rings. The van der Waals surface area contributed by atoms with Crippen molar-refractivity contribution in [3.63, 3.8) is 0 Å². The number of alkyl halides is 3. The lowest BCUT2D eigenvalue weighted by Crippen LogP contribution is -2.51. The monoisotopic (exact) mass is 333 g/mol. The van der Waals surface area contributed by atoms with Crippen LogP contribution in [0.25, 0.3) is 0 Å². The quantitative estimate of drug-likeness (QED) is 0.812. The summed E-state index contributed by atoms with van der Waals surface area (Å²) in [5.41, 5.74) is -0.155. The molecule has 0 radical (unpaired) electrons. The second-order valence-corrected chi connectivity index (χ2v) is 7.85. The van der Waals surface area contributed by atoms with Gasteiger partial charge in [0.15, 0.2) is 0 Å². The van der Waals surface area contributed by atoms with Crippen molar-refractivity contribution in [3.05, 3.63) is 0 Å². The maximum absolute atomic E-state index is 12.9. The van der Waals surface area contributed by atoms with Gasteiger partial charge in [-0.3, -0.25) is 9.59 Å². The lowest BCUT2D eigenvalue weighted by Gasteiger charge is -2.56. The van der Waals surface area contributed by atoms with Crippen molar-refractivity contribution >= 4 is 11.9 Å². The third-order valence-electron chi connectivity index (χ3n) is 5.81. The molecule has 4 bridgehead atoms. The number of carboxylic acids is 1. The van der Waals surface area contributed by atoms with Gasteiger partial charge in [-0.1, -0.05) is 0 Å². The summed E-state index contributed by atoms with van der Waals surface area (Å²) in [6.07, 6.45) is 0.627. The van der Waals surface area contributed by atoms with Gasteiger partial charge in [0, 0.05) is 6.42 Å². The van der Waals surface area contributed by atoms with Crippen LogP contribution in [0.2, 0.25) is 0 Å². The van der Waals surface area contributed by atoms with Crippen molar-refractivity contribution in [3.8, 4) is 0 Å². The first kappa shape index (κ1) is 16.6. The fourth-order valence-electron chi connectivity index (χ4n) is 5.52. The number of hydrogen-bond donors (Lipinski definition) is 2. The van der Waals surface area contributed by atoms with Crippen LogP contribution in [0.3, 0.4) is 0 Å². The average Bonchev–Trinajstić information content (AvgIpc) is 2.33. The second kappa shape index (κ2) is 5.67. The molecule has 1 amide bonds. The Balaban J connectivity index is 1.63. The molecule has 0 heterocycles. The minimum atomic E-state index is -4.74. The number of rotatable bonds is 5. The van der Waals surface area contributed by atoms with E-state index in [9.17, 15) is 22.8 Å². The van der Waals surface area contributed by atoms with E-state index in [4.69, 9.17) is 5.11 Å². The van der Waals surface area contributed by atoms with Crippen molar-refractivity contribution in [2.24, 2.45) is 23.2 Å². The van der Waals surface area contributed by atoms with E-state index in [0.717, 1.165) is 19.3 Å². The summed E-state index contributed by atoms with van der Waals surface area (Å²) < 4.78 is 38.6. The van der Waals surface area contributed by atoms with E-state index in [0.29, 0.717) is 17.8 Å². The molecule has 4 aliphatic carbocycles. The first-order valence-electron chi connectivity index (χ1n) is 8.23. The summed E-state index contributed by atoms with van der Waals surface area (Å²) in [6.45, 7) is 0. The van der Waals surface area contributed by atoms with Gasteiger partial charge in [-0.05, 0) is 61.7 Å². The van der Waals surface area contributed by atoms with Gasteiger partial charge in [0.05, 0.1) is 6.42 Å². The lowest BCUT2D eigenvalue weighted by atomic mass is 9.49. The molecule has 4 aliphatic rings. The highest BCUT2D eigenvalue weighted by Crippen LogP contribution is 2.61. The number of carboxylic acid groups (broad SMARTS) is 1. The van der Waals surface area contributed by atoms with Gasteiger partial charge in [-0.15, -0.1) is 0 Å². The summed E-state index contributed by atoms with van der Waals surface area (Å²) >= 11 is 0. The summed E-state index contributed by atoms with van der Waals surface area (Å²) in [6, 6.07) is -2.30. The minimum absolute atomic E-state index is 0.0999. The summed E-state index contributed by atoms with van der Waals surface area (Å²) in [4.78, 5) is 22.8. The van der Waals surface area contributed by atoms with Crippen molar-refractivity contribution in [1.82, 2.24) is 5.32 Å². The molecule has 4 rings (SSSR count). The maximum Gasteiger partial charge on any atom is 0.409 e. The number of hydrogen-bond acceptors (Lipinski definition) is 2. The Bertz CT molecular complexity index is 468. The fourth-order valence-corrected chi connectivity index (χ4v) is 5.52. The molecule has 7 heteroatoms. The third-order valence-corrected chi connectivity index (χ3v) is 5.81. The fraction of sp³-hybridized carbons (Fsp3) is 0.875. The molecule has 1 atom stereocenters. The second-order valence-electron chi connectivity index (χ2n) is 7.85. The van der Waals surface area contributed by atoms with E-state index in [-0.39, 0.29) is 11.8 Å². The molecule has 130 valence electrons. The number of carbonyl (C=O) groups is 2. The van der Waals surface area contributed by atoms with Crippen LogP contribution in [0, 0.1) is 23.2 Å². The third kappa shape index (κ3) is 3.63. The van der Waals surface area contributed by atoms with Gasteiger partial charge in [0.2, 0.25) is 5.91 Å². The smallest absolute Gasteiger partial charge is 0.409 e. The number of amides is 1. The zero-order chi connectivity index (χ0) is 16.8. The topological polar surface area (TPSA) is 66.4 Å². The number of carbonyl (C=O) groups excluding carboxylic acids is 1. The molecule has 1 unspecified atom stereocenters. The molecule has 2 N–H and O–H groups in total. The summed E-state index contributed by atoms with van der Waals surface area (Å²) in [5, 5.41) is 10.5. The predicted octanol–water partition coefficient (Wildman–Crippen LogP) is 3.11. The highest BCUT2D eigenvalue weighted by molar-refractivity contribution is 5.78. The lowest BCUT2D eigenvalue weighted by molar-refractivity contribution is -0.171. The van der Waals surface area contributed by atoms with Crippen LogP contribution in [-0.2, 0) is 9.59 Å². The largest absolute Gasteiger partial charge is 0.481 e. The maximum atomic E-state index is 12.9. The SMILES string of the molecule is O=C(O)CC(NC(=O)CC12CC3CC(CC(C3)C1)C2)C(F)(F)F. The van der Waals surface area contributed by atoms with Crippen LogP contribution in [0.15, 0.2) is 0 Å². The van der Waals surface area contributed by atoms with Gasteiger partial charge >= 0.3 is 12.1 Å². The molecule has 4 fully saturated rings. The number of nitrogens with one attached hydrogen (secondary N) is 1. The first-order chi connectivity index (χ1) is 10.7. The Morgan fingerprint density at radius 3 is 1.96 bits per heavy atom. The normalized spacial score (nSPS) is 36.7. The van der Waals surface area contributed by atoms with Gasteiger partial charge in [-0.2, -0.15) is 13.2 Å². The molecule has 4 saturated carbocycles. The molecule has 23 heavy (non-hydrogen) atoms. The Morgan fingerprint density at radius 2 is 1.57 bits per heavy atom. The van der Waals surface area contributed by atoms with E-state index in [1.807, 2.05) is 5.32 Å². The Morgan fingerprint density at radius 1 is 1.09 bits per heavy atom. The average molecular weight is 333 g/mol. The molecule has 0 aromatic carbocycles. The highest BCUT2D eigenvalue weighted by atomic mass is 19.4. The molecule has 4 nitrogen and oxygen atoms in total. The van der Waals surface area contributed by atoms with Gasteiger partial charge in [-0.25, -0.2) is 0 Å². The van der Waals surface area contributed by atoms with Crippen molar-refractivity contribution < 1.29 is 27.9 Å². The van der Waals surface area contributed by atoms with Crippen LogP contribution in [-0.4, -0.2) is 29.2 Å². The van der Waals surface area contributed by atoms with Crippen LogP contribution in [0.5, 0.6) is 0 Å². The summed E-state index contributed by atoms with van der Waals surface area (Å²) in [7, 11) is 0. The molecule has 0 spiro atoms. The van der Waals surface area contributed by atoms with Crippen LogP contribution >= 0.6 is 0 Å². The Kier molecular flexibility index (Phi) is 4.09. The Labute approximate surface area is 132 Å². The van der Waals surface area contributed by atoms with Crippen molar-refractivity contribution in [1.29, 1.82) is 0 Å². The Hall–Kier alpha value is -1.27. The van der Waals surface area contributed by atoms with Crippen molar-refractivity contribution in [2.45, 2.75) is 63.6 Å². The van der Waals surface area contributed by atoms with Gasteiger partial charge in [0.25, 0.3) is 0 Å². The van der Waals surface area contributed by atoms with Crippen LogP contribution in [0.4, 0.5) is 13.2 Å². The molecule has 0 aromatic heterocycles. The van der Waals surface area contributed by atoms with Crippen LogP contribution in [0.1, 0.15) is 51.4 Å². The van der Waals surface area contributed by atoms with E-state index in [1.54, 1.807) is 0 Å². The van der Waals surface area contributed by atoms with E-state index >= 15 is 0 Å². The van der Waals surface area contributed by atoms with E-state index in [1.165, 1.54) is 19.3 Å². The molecule has 0 aliphatic heterocycles. The van der Waals surface area contributed by atoms with Gasteiger partial charge < -0.3 is 10.4 Å². The van der Waals surface area contributed by atoms with E-state index < -0.39 is 30.5 Å². The highest BCUT2D eigenvalue weighted by Gasteiger charge is 2.52. The number of aliphatic carboxylic acids is 1. The standard InChI is InChI=1S/C16H22F3NO3/c17-16(18,19)12(4-14(22)23)20-13(21)8-15-5-9-1-10(6-15)3-11(2-9)7-15/h9-12H,1-8H2,(H,20,21)(H,22,23). The van der Waals surface area contributed by atoms with Crippen LogP contribution < -0.4 is 5.32 Å². The van der Waals surface area contributed by atoms with Crippen molar-refractivity contribution in [2.75, 3.05) is 0 Å². The van der Waals surface area contributed by atoms with E-state index in [2.05, 4.69) is 0 Å². The molecule has 0 saturated heterocycles. The van der Waals surface area contributed by atoms with Gasteiger partial charge in [0.1, 0.15) is 6.04 Å². The first-order valence-corrected chi connectivity index (χ1v) is 8.23. The molecular formula is C16H22F3NO3. The zero-order valence-electron chi connectivity index (χ0n) is 12.9. The predicted molar refractivity (Wildman–Crippen MR) is 75.5 cm³/mol. The zero-order valence-corrected chi connectivity index (χ0v) is 12.9. The minimum Gasteiger partial charge on any atom is -0.481 e. The summed E-state index contributed by atoms with van der Waals surface area (Å²) in [5.74, 6) is -0.373. The number of halogens is 3.